The maximum atomic E-state index is 12.0. The molecule has 4 nitrogen and oxygen atoms in total. The van der Waals surface area contributed by atoms with Gasteiger partial charge in [-0.3, -0.25) is 4.79 Å². The van der Waals surface area contributed by atoms with Gasteiger partial charge in [0.25, 0.3) is 5.91 Å². The molecule has 0 aliphatic heterocycles. The van der Waals surface area contributed by atoms with Crippen molar-refractivity contribution in [2.45, 2.75) is 20.4 Å². The Bertz CT molecular complexity index is 561. The number of aryl methyl sites for hydroxylation is 1. The Hall–Kier alpha value is -2.07. The Labute approximate surface area is 112 Å². The predicted octanol–water partition coefficient (Wildman–Crippen LogP) is 2.95. The maximum absolute atomic E-state index is 12.0. The van der Waals surface area contributed by atoms with E-state index >= 15 is 0 Å². The van der Waals surface area contributed by atoms with Gasteiger partial charge in [0.15, 0.2) is 5.76 Å². The van der Waals surface area contributed by atoms with Gasteiger partial charge in [0, 0.05) is 12.2 Å². The van der Waals surface area contributed by atoms with Gasteiger partial charge in [-0.2, -0.15) is 0 Å². The lowest BCUT2D eigenvalue weighted by Gasteiger charge is -2.10. The molecule has 1 aromatic carbocycles. The first-order valence-electron chi connectivity index (χ1n) is 6.37. The average Bonchev–Trinajstić information content (AvgIpc) is 2.84. The summed E-state index contributed by atoms with van der Waals surface area (Å²) >= 11 is 0. The number of para-hydroxylation sites is 1. The zero-order valence-electron chi connectivity index (χ0n) is 11.2. The molecule has 0 spiro atoms. The van der Waals surface area contributed by atoms with Crippen LogP contribution in [0.15, 0.2) is 40.8 Å². The van der Waals surface area contributed by atoms with Gasteiger partial charge in [-0.05, 0) is 37.2 Å². The highest BCUT2D eigenvalue weighted by Gasteiger charge is 2.11. The van der Waals surface area contributed by atoms with E-state index in [1.165, 1.54) is 0 Å². The van der Waals surface area contributed by atoms with Crippen LogP contribution in [0.2, 0.25) is 0 Å². The summed E-state index contributed by atoms with van der Waals surface area (Å²) in [4.78, 5) is 12.0. The van der Waals surface area contributed by atoms with Crippen molar-refractivity contribution in [3.05, 3.63) is 53.5 Å². The van der Waals surface area contributed by atoms with E-state index < -0.39 is 0 Å². The largest absolute Gasteiger partial charge is 0.456 e. The van der Waals surface area contributed by atoms with Crippen LogP contribution in [-0.2, 0) is 6.54 Å². The van der Waals surface area contributed by atoms with Crippen molar-refractivity contribution < 1.29 is 9.21 Å². The molecule has 0 bridgehead atoms. The topological polar surface area (TPSA) is 54.3 Å². The first-order chi connectivity index (χ1) is 9.20. The van der Waals surface area contributed by atoms with Gasteiger partial charge in [-0.1, -0.05) is 25.1 Å². The third kappa shape index (κ3) is 3.45. The second kappa shape index (κ2) is 6.20. The molecule has 0 aliphatic carbocycles. The van der Waals surface area contributed by atoms with E-state index in [1.54, 1.807) is 12.1 Å². The summed E-state index contributed by atoms with van der Waals surface area (Å²) in [6.07, 6.45) is 0. The molecule has 0 saturated carbocycles. The molecular formula is C15H18N2O2. The van der Waals surface area contributed by atoms with Crippen molar-refractivity contribution in [3.8, 4) is 0 Å². The number of carbonyl (C=O) groups is 1. The van der Waals surface area contributed by atoms with Crippen molar-refractivity contribution >= 4 is 11.6 Å². The van der Waals surface area contributed by atoms with Crippen LogP contribution in [-0.4, -0.2) is 12.5 Å². The predicted molar refractivity (Wildman–Crippen MR) is 75.2 cm³/mol. The molecule has 0 atom stereocenters. The van der Waals surface area contributed by atoms with Crippen molar-refractivity contribution in [2.75, 3.05) is 11.9 Å². The molecule has 0 aliphatic rings. The standard InChI is InChI=1S/C15H18N2O2/c1-3-16-10-12-6-4-5-7-13(12)17-15(18)14-9-8-11(2)19-14/h4-9,16H,3,10H2,1-2H3,(H,17,18). The summed E-state index contributed by atoms with van der Waals surface area (Å²) in [5.74, 6) is 0.832. The van der Waals surface area contributed by atoms with Crippen LogP contribution >= 0.6 is 0 Å². The molecule has 2 N–H and O–H groups in total. The van der Waals surface area contributed by atoms with Gasteiger partial charge < -0.3 is 15.1 Å². The van der Waals surface area contributed by atoms with Gasteiger partial charge in [0.1, 0.15) is 5.76 Å². The van der Waals surface area contributed by atoms with Gasteiger partial charge in [-0.15, -0.1) is 0 Å². The summed E-state index contributed by atoms with van der Waals surface area (Å²) in [6.45, 7) is 5.48. The normalized spacial score (nSPS) is 10.4. The number of nitrogens with one attached hydrogen (secondary N) is 2. The van der Waals surface area contributed by atoms with Crippen LogP contribution in [0.4, 0.5) is 5.69 Å². The Morgan fingerprint density at radius 2 is 2.00 bits per heavy atom. The molecule has 0 saturated heterocycles. The molecule has 2 aromatic rings. The first kappa shape index (κ1) is 13.4. The number of rotatable bonds is 5. The number of benzene rings is 1. The quantitative estimate of drug-likeness (QED) is 0.867. The van der Waals surface area contributed by atoms with E-state index in [0.29, 0.717) is 5.76 Å². The second-order valence-corrected chi connectivity index (χ2v) is 4.30. The van der Waals surface area contributed by atoms with Gasteiger partial charge >= 0.3 is 0 Å². The Morgan fingerprint density at radius 3 is 2.68 bits per heavy atom. The number of furan rings is 1. The van der Waals surface area contributed by atoms with Gasteiger partial charge in [0.2, 0.25) is 0 Å². The lowest BCUT2D eigenvalue weighted by Crippen LogP contribution is -2.16. The van der Waals surface area contributed by atoms with Crippen LogP contribution in [0.5, 0.6) is 0 Å². The Kier molecular flexibility index (Phi) is 4.36. The third-order valence-electron chi connectivity index (χ3n) is 2.80. The molecular weight excluding hydrogens is 240 g/mol. The first-order valence-corrected chi connectivity index (χ1v) is 6.37. The average molecular weight is 258 g/mol. The minimum Gasteiger partial charge on any atom is -0.456 e. The minimum absolute atomic E-state index is 0.225. The zero-order chi connectivity index (χ0) is 13.7. The monoisotopic (exact) mass is 258 g/mol. The number of carbonyl (C=O) groups excluding carboxylic acids is 1. The van der Waals surface area contributed by atoms with E-state index in [2.05, 4.69) is 10.6 Å². The lowest BCUT2D eigenvalue weighted by atomic mass is 10.1. The fraction of sp³-hybridized carbons (Fsp3) is 0.267. The fourth-order valence-corrected chi connectivity index (χ4v) is 1.80. The molecule has 0 unspecified atom stereocenters. The summed E-state index contributed by atoms with van der Waals surface area (Å²) in [7, 11) is 0. The molecule has 2 rings (SSSR count). The number of hydrogen-bond acceptors (Lipinski definition) is 3. The molecule has 19 heavy (non-hydrogen) atoms. The van der Waals surface area contributed by atoms with Crippen LogP contribution < -0.4 is 10.6 Å². The molecule has 0 radical (unpaired) electrons. The fourth-order valence-electron chi connectivity index (χ4n) is 1.80. The van der Waals surface area contributed by atoms with E-state index in [9.17, 15) is 4.79 Å². The van der Waals surface area contributed by atoms with Gasteiger partial charge in [-0.25, -0.2) is 0 Å². The Balaban J connectivity index is 2.12. The van der Waals surface area contributed by atoms with Crippen molar-refractivity contribution in [3.63, 3.8) is 0 Å². The highest BCUT2D eigenvalue weighted by Crippen LogP contribution is 2.16. The third-order valence-corrected chi connectivity index (χ3v) is 2.80. The van der Waals surface area contributed by atoms with Crippen LogP contribution in [0, 0.1) is 6.92 Å². The molecule has 1 aromatic heterocycles. The van der Waals surface area contributed by atoms with Gasteiger partial charge in [0.05, 0.1) is 0 Å². The summed E-state index contributed by atoms with van der Waals surface area (Å²) in [5, 5.41) is 6.12. The summed E-state index contributed by atoms with van der Waals surface area (Å²) in [5.41, 5.74) is 1.86. The minimum atomic E-state index is -0.225. The van der Waals surface area contributed by atoms with Crippen LogP contribution in [0.3, 0.4) is 0 Å². The van der Waals surface area contributed by atoms with Crippen molar-refractivity contribution in [1.29, 1.82) is 0 Å². The number of amides is 1. The zero-order valence-corrected chi connectivity index (χ0v) is 11.2. The molecule has 1 heterocycles. The lowest BCUT2D eigenvalue weighted by molar-refractivity contribution is 0.0995. The number of hydrogen-bond donors (Lipinski definition) is 2. The van der Waals surface area contributed by atoms with Crippen molar-refractivity contribution in [2.24, 2.45) is 0 Å². The highest BCUT2D eigenvalue weighted by atomic mass is 16.3. The maximum Gasteiger partial charge on any atom is 0.291 e. The summed E-state index contributed by atoms with van der Waals surface area (Å²) in [6, 6.07) is 11.2. The highest BCUT2D eigenvalue weighted by molar-refractivity contribution is 6.02. The van der Waals surface area contributed by atoms with Crippen LogP contribution in [0.25, 0.3) is 0 Å². The van der Waals surface area contributed by atoms with E-state index in [-0.39, 0.29) is 5.91 Å². The molecule has 4 heteroatoms. The number of anilines is 1. The smallest absolute Gasteiger partial charge is 0.291 e. The van der Waals surface area contributed by atoms with Crippen molar-refractivity contribution in [1.82, 2.24) is 5.32 Å². The summed E-state index contributed by atoms with van der Waals surface area (Å²) < 4.78 is 5.31. The molecule has 1 amide bonds. The molecule has 0 fully saturated rings. The van der Waals surface area contributed by atoms with E-state index in [0.717, 1.165) is 30.1 Å². The SMILES string of the molecule is CCNCc1ccccc1NC(=O)c1ccc(C)o1. The van der Waals surface area contributed by atoms with E-state index in [1.807, 2.05) is 38.1 Å². The van der Waals surface area contributed by atoms with E-state index in [4.69, 9.17) is 4.42 Å². The molecule has 100 valence electrons. The van der Waals surface area contributed by atoms with Crippen LogP contribution in [0.1, 0.15) is 28.8 Å². The second-order valence-electron chi connectivity index (χ2n) is 4.30. The Morgan fingerprint density at radius 1 is 1.21 bits per heavy atom.